The third-order valence-corrected chi connectivity index (χ3v) is 3.18. The Balaban J connectivity index is 2.04. The molecule has 0 fully saturated rings. The Labute approximate surface area is 109 Å². The highest BCUT2D eigenvalue weighted by atomic mass is 32.1. The molecule has 0 bridgehead atoms. The van der Waals surface area contributed by atoms with E-state index in [-0.39, 0.29) is 5.54 Å². The molecule has 0 unspecified atom stereocenters. The first kappa shape index (κ1) is 14.4. The minimum Gasteiger partial charge on any atom is -0.377 e. The number of rotatable bonds is 7. The summed E-state index contributed by atoms with van der Waals surface area (Å²) in [5.74, 6) is 0. The van der Waals surface area contributed by atoms with Gasteiger partial charge >= 0.3 is 0 Å². The van der Waals surface area contributed by atoms with Crippen molar-refractivity contribution in [2.45, 2.75) is 32.7 Å². The van der Waals surface area contributed by atoms with Crippen molar-refractivity contribution in [1.29, 1.82) is 0 Å². The number of nitrogens with one attached hydrogen (secondary N) is 1. The van der Waals surface area contributed by atoms with Crippen molar-refractivity contribution in [1.82, 2.24) is 5.32 Å². The zero-order valence-corrected chi connectivity index (χ0v) is 11.9. The van der Waals surface area contributed by atoms with Crippen LogP contribution in [0, 0.1) is 0 Å². The third-order valence-electron chi connectivity index (χ3n) is 2.25. The normalized spacial score (nSPS) is 11.7. The summed E-state index contributed by atoms with van der Waals surface area (Å²) in [6.45, 7) is 12.7. The van der Waals surface area contributed by atoms with Crippen molar-refractivity contribution in [2.24, 2.45) is 0 Å². The van der Waals surface area contributed by atoms with E-state index in [0.717, 1.165) is 25.1 Å². The van der Waals surface area contributed by atoms with E-state index in [0.29, 0.717) is 6.61 Å². The summed E-state index contributed by atoms with van der Waals surface area (Å²) in [6.07, 6.45) is 0.998. The van der Waals surface area contributed by atoms with E-state index in [9.17, 15) is 0 Å². The summed E-state index contributed by atoms with van der Waals surface area (Å²) in [5, 5.41) is 5.50. The lowest BCUT2D eigenvalue weighted by atomic mass is 10.1. The lowest BCUT2D eigenvalue weighted by molar-refractivity contribution is 0.158. The highest BCUT2D eigenvalue weighted by molar-refractivity contribution is 7.09. The van der Waals surface area contributed by atoms with Gasteiger partial charge in [0.05, 0.1) is 13.2 Å². The van der Waals surface area contributed by atoms with Gasteiger partial charge in [-0.2, -0.15) is 0 Å². The first-order chi connectivity index (χ1) is 7.97. The predicted molar refractivity (Wildman–Crippen MR) is 75.7 cm³/mol. The summed E-state index contributed by atoms with van der Waals surface area (Å²) < 4.78 is 5.60. The first-order valence-corrected chi connectivity index (χ1v) is 6.87. The van der Waals surface area contributed by atoms with Crippen LogP contribution in [0.4, 0.5) is 0 Å². The van der Waals surface area contributed by atoms with Crippen molar-refractivity contribution in [3.05, 3.63) is 34.5 Å². The summed E-state index contributed by atoms with van der Waals surface area (Å²) in [4.78, 5) is 1.38. The van der Waals surface area contributed by atoms with Crippen LogP contribution in [0.15, 0.2) is 29.7 Å². The largest absolute Gasteiger partial charge is 0.377 e. The fourth-order valence-corrected chi connectivity index (χ4v) is 1.98. The second kappa shape index (κ2) is 6.94. The molecule has 17 heavy (non-hydrogen) atoms. The van der Waals surface area contributed by atoms with Gasteiger partial charge in [0.1, 0.15) is 0 Å². The minimum atomic E-state index is 0.139. The third kappa shape index (κ3) is 7.31. The smallest absolute Gasteiger partial charge is 0.0686 e. The molecule has 1 rings (SSSR count). The van der Waals surface area contributed by atoms with Crippen LogP contribution in [0.5, 0.6) is 0 Å². The molecule has 96 valence electrons. The van der Waals surface area contributed by atoms with E-state index in [1.807, 2.05) is 0 Å². The molecule has 1 aromatic rings. The molecule has 0 aliphatic rings. The van der Waals surface area contributed by atoms with E-state index in [1.54, 1.807) is 11.3 Å². The Morgan fingerprint density at radius 2 is 2.24 bits per heavy atom. The summed E-state index contributed by atoms with van der Waals surface area (Å²) in [6, 6.07) is 4.22. The molecule has 3 heteroatoms. The summed E-state index contributed by atoms with van der Waals surface area (Å²) in [7, 11) is 0. The van der Waals surface area contributed by atoms with Crippen LogP contribution in [0.3, 0.4) is 0 Å². The molecule has 0 spiro atoms. The van der Waals surface area contributed by atoms with E-state index in [1.165, 1.54) is 4.88 Å². The van der Waals surface area contributed by atoms with Crippen LogP contribution in [-0.4, -0.2) is 25.3 Å². The molecule has 0 aliphatic heterocycles. The Bertz CT molecular complexity index is 324. The van der Waals surface area contributed by atoms with E-state index < -0.39 is 0 Å². The van der Waals surface area contributed by atoms with Crippen LogP contribution in [0.1, 0.15) is 25.6 Å². The van der Waals surface area contributed by atoms with E-state index >= 15 is 0 Å². The number of hydrogen-bond donors (Lipinski definition) is 1. The average molecular weight is 253 g/mol. The Morgan fingerprint density at radius 1 is 1.47 bits per heavy atom. The second-order valence-corrected chi connectivity index (χ2v) is 6.27. The zero-order valence-electron chi connectivity index (χ0n) is 11.1. The SMILES string of the molecule is C=C(CNC(C)(C)C)COCCc1cccs1. The predicted octanol–water partition coefficient (Wildman–Crippen LogP) is 3.25. The number of ether oxygens (including phenoxy) is 1. The van der Waals surface area contributed by atoms with Gasteiger partial charge in [0.25, 0.3) is 0 Å². The molecule has 0 saturated heterocycles. The maximum absolute atomic E-state index is 5.60. The molecule has 0 amide bonds. The van der Waals surface area contributed by atoms with Gasteiger partial charge in [-0.25, -0.2) is 0 Å². The van der Waals surface area contributed by atoms with Crippen molar-refractivity contribution >= 4 is 11.3 Å². The standard InChI is InChI=1S/C14H23NOS/c1-12(10-15-14(2,3)4)11-16-8-7-13-6-5-9-17-13/h5-6,9,15H,1,7-8,10-11H2,2-4H3. The fourth-order valence-electron chi connectivity index (χ4n) is 1.29. The minimum absolute atomic E-state index is 0.139. The highest BCUT2D eigenvalue weighted by Crippen LogP contribution is 2.09. The van der Waals surface area contributed by atoms with Gasteiger partial charge in [-0.05, 0) is 37.8 Å². The summed E-state index contributed by atoms with van der Waals surface area (Å²) >= 11 is 1.78. The molecule has 0 atom stereocenters. The van der Waals surface area contributed by atoms with Crippen molar-refractivity contribution in [2.75, 3.05) is 19.8 Å². The van der Waals surface area contributed by atoms with E-state index in [2.05, 4.69) is 50.2 Å². The molecule has 0 aliphatic carbocycles. The molecule has 1 N–H and O–H groups in total. The lowest BCUT2D eigenvalue weighted by Gasteiger charge is -2.21. The topological polar surface area (TPSA) is 21.3 Å². The van der Waals surface area contributed by atoms with Crippen molar-refractivity contribution in [3.8, 4) is 0 Å². The van der Waals surface area contributed by atoms with Crippen LogP contribution in [-0.2, 0) is 11.2 Å². The Kier molecular flexibility index (Phi) is 5.89. The van der Waals surface area contributed by atoms with Crippen LogP contribution in [0.25, 0.3) is 0 Å². The summed E-state index contributed by atoms with van der Waals surface area (Å²) in [5.41, 5.74) is 1.24. The van der Waals surface area contributed by atoms with Crippen LogP contribution in [0.2, 0.25) is 0 Å². The van der Waals surface area contributed by atoms with Gasteiger partial charge in [-0.1, -0.05) is 12.6 Å². The maximum atomic E-state index is 5.60. The fraction of sp³-hybridized carbons (Fsp3) is 0.571. The number of thiophene rings is 1. The van der Waals surface area contributed by atoms with Crippen molar-refractivity contribution < 1.29 is 4.74 Å². The Hall–Kier alpha value is -0.640. The van der Waals surface area contributed by atoms with Gasteiger partial charge in [0.2, 0.25) is 0 Å². The molecule has 0 aromatic carbocycles. The van der Waals surface area contributed by atoms with Gasteiger partial charge in [0.15, 0.2) is 0 Å². The highest BCUT2D eigenvalue weighted by Gasteiger charge is 2.08. The molecular formula is C14H23NOS. The molecule has 0 saturated carbocycles. The molecular weight excluding hydrogens is 230 g/mol. The zero-order chi connectivity index (χ0) is 12.7. The first-order valence-electron chi connectivity index (χ1n) is 5.99. The molecule has 1 heterocycles. The second-order valence-electron chi connectivity index (χ2n) is 5.24. The van der Waals surface area contributed by atoms with E-state index in [4.69, 9.17) is 4.74 Å². The lowest BCUT2D eigenvalue weighted by Crippen LogP contribution is -2.37. The van der Waals surface area contributed by atoms with Gasteiger partial charge in [-0.3, -0.25) is 0 Å². The average Bonchev–Trinajstić information content (AvgIpc) is 2.73. The quantitative estimate of drug-likeness (QED) is 0.595. The van der Waals surface area contributed by atoms with Crippen molar-refractivity contribution in [3.63, 3.8) is 0 Å². The van der Waals surface area contributed by atoms with Gasteiger partial charge < -0.3 is 10.1 Å². The van der Waals surface area contributed by atoms with Crippen LogP contribution < -0.4 is 5.32 Å². The van der Waals surface area contributed by atoms with Gasteiger partial charge in [0, 0.05) is 23.4 Å². The molecule has 1 aromatic heterocycles. The maximum Gasteiger partial charge on any atom is 0.0686 e. The Morgan fingerprint density at radius 3 is 2.82 bits per heavy atom. The van der Waals surface area contributed by atoms with Crippen LogP contribution >= 0.6 is 11.3 Å². The monoisotopic (exact) mass is 253 g/mol. The molecule has 0 radical (unpaired) electrons. The van der Waals surface area contributed by atoms with Gasteiger partial charge in [-0.15, -0.1) is 11.3 Å². The molecule has 2 nitrogen and oxygen atoms in total. The number of hydrogen-bond acceptors (Lipinski definition) is 3.